The number of carboxylic acids is 1. The van der Waals surface area contributed by atoms with E-state index in [1.807, 2.05) is 0 Å². The third-order valence-corrected chi connectivity index (χ3v) is 8.79. The number of hydrogen-bond donors (Lipinski definition) is 4. The number of pyridine rings is 1. The lowest BCUT2D eigenvalue weighted by atomic mass is 9.97. The van der Waals surface area contributed by atoms with Crippen molar-refractivity contribution in [2.45, 2.75) is 36.6 Å². The fraction of sp³-hybridized carbons (Fsp3) is 0.269. The van der Waals surface area contributed by atoms with E-state index in [-0.39, 0.29) is 17.2 Å². The van der Waals surface area contributed by atoms with Gasteiger partial charge in [-0.05, 0) is 30.2 Å². The van der Waals surface area contributed by atoms with Crippen molar-refractivity contribution in [3.05, 3.63) is 88.2 Å². The number of hydrogen-bond acceptors (Lipinski definition) is 7. The standard InChI is InChI=1S/C26H24Cl2F3N3O7S/c1-2-25(22(35)36,34-23(37)41-14-16-6-4-3-5-7-16)42(39,40)33-15-24(38,26(29,30)31)21-11-8-17(13-32-21)19-10-9-18(27)12-20(19)28/h3-13,33,38H,2,14-15H2,1H3,(H,34,37)(H,35,36)/t24-,25-/m0/s1. The molecule has 0 unspecified atom stereocenters. The second kappa shape index (κ2) is 12.8. The summed E-state index contributed by atoms with van der Waals surface area (Å²) in [5, 5.41) is 22.7. The van der Waals surface area contributed by atoms with E-state index in [1.165, 1.54) is 29.0 Å². The zero-order chi connectivity index (χ0) is 31.3. The van der Waals surface area contributed by atoms with E-state index < -0.39 is 57.4 Å². The van der Waals surface area contributed by atoms with Gasteiger partial charge in [-0.1, -0.05) is 72.6 Å². The lowest BCUT2D eigenvalue weighted by Gasteiger charge is -2.33. The number of sulfonamides is 1. The third-order valence-electron chi connectivity index (χ3n) is 6.24. The van der Waals surface area contributed by atoms with Crippen molar-refractivity contribution >= 4 is 45.3 Å². The first-order chi connectivity index (χ1) is 19.6. The number of carbonyl (C=O) groups excluding carboxylic acids is 1. The molecule has 16 heteroatoms. The van der Waals surface area contributed by atoms with E-state index in [0.717, 1.165) is 19.2 Å². The normalized spacial score (nSPS) is 14.8. The summed E-state index contributed by atoms with van der Waals surface area (Å²) in [6.45, 7) is -1.05. The van der Waals surface area contributed by atoms with Crippen LogP contribution in [0.25, 0.3) is 11.1 Å². The minimum Gasteiger partial charge on any atom is -0.479 e. The Kier molecular flexibility index (Phi) is 10.1. The molecule has 3 aromatic rings. The molecule has 0 bridgehead atoms. The van der Waals surface area contributed by atoms with Gasteiger partial charge in [0, 0.05) is 27.4 Å². The molecule has 226 valence electrons. The number of aliphatic carboxylic acids is 1. The molecule has 1 heterocycles. The number of alkyl halides is 3. The zero-order valence-electron chi connectivity index (χ0n) is 21.7. The van der Waals surface area contributed by atoms with Gasteiger partial charge in [0.1, 0.15) is 6.61 Å². The molecule has 0 aliphatic carbocycles. The summed E-state index contributed by atoms with van der Waals surface area (Å²) in [5.74, 6) is -2.10. The number of amides is 1. The number of ether oxygens (including phenoxy) is 1. The molecule has 0 radical (unpaired) electrons. The van der Waals surface area contributed by atoms with E-state index >= 15 is 0 Å². The first-order valence-electron chi connectivity index (χ1n) is 12.0. The molecule has 0 aliphatic rings. The van der Waals surface area contributed by atoms with Crippen LogP contribution in [0.3, 0.4) is 0 Å². The minimum absolute atomic E-state index is 0.176. The molecule has 1 amide bonds. The lowest BCUT2D eigenvalue weighted by Crippen LogP contribution is -2.64. The Morgan fingerprint density at radius 1 is 1.05 bits per heavy atom. The molecular formula is C26H24Cl2F3N3O7S. The van der Waals surface area contributed by atoms with Crippen LogP contribution in [-0.4, -0.2) is 53.3 Å². The zero-order valence-corrected chi connectivity index (χ0v) is 24.0. The highest BCUT2D eigenvalue weighted by atomic mass is 35.5. The first-order valence-corrected chi connectivity index (χ1v) is 14.2. The summed E-state index contributed by atoms with van der Waals surface area (Å²) in [5.41, 5.74) is -3.78. The predicted octanol–water partition coefficient (Wildman–Crippen LogP) is 4.84. The van der Waals surface area contributed by atoms with Crippen LogP contribution in [-0.2, 0) is 31.8 Å². The fourth-order valence-electron chi connectivity index (χ4n) is 3.77. The number of nitrogens with one attached hydrogen (secondary N) is 2. The largest absolute Gasteiger partial charge is 0.479 e. The van der Waals surface area contributed by atoms with Crippen molar-refractivity contribution in [3.63, 3.8) is 0 Å². The highest BCUT2D eigenvalue weighted by molar-refractivity contribution is 7.91. The van der Waals surface area contributed by atoms with Crippen molar-refractivity contribution in [1.29, 1.82) is 0 Å². The quantitative estimate of drug-likeness (QED) is 0.230. The van der Waals surface area contributed by atoms with E-state index in [9.17, 15) is 41.4 Å². The summed E-state index contributed by atoms with van der Waals surface area (Å²) < 4.78 is 75.1. The number of benzene rings is 2. The number of alkyl carbamates (subject to hydrolysis) is 1. The van der Waals surface area contributed by atoms with Crippen LogP contribution >= 0.6 is 23.2 Å². The van der Waals surface area contributed by atoms with Gasteiger partial charge in [0.25, 0.3) is 4.87 Å². The SMILES string of the molecule is CC[C@@](NC(=O)OCc1ccccc1)(C(=O)O)S(=O)(=O)NC[C@](O)(c1ccc(-c2ccc(Cl)cc2Cl)cn1)C(F)(F)F. The van der Waals surface area contributed by atoms with Crippen LogP contribution in [0.15, 0.2) is 66.9 Å². The molecule has 2 atom stereocenters. The van der Waals surface area contributed by atoms with Gasteiger partial charge in [0.15, 0.2) is 0 Å². The Morgan fingerprint density at radius 3 is 2.24 bits per heavy atom. The maximum absolute atomic E-state index is 14.1. The molecule has 0 saturated carbocycles. The predicted molar refractivity (Wildman–Crippen MR) is 147 cm³/mol. The van der Waals surface area contributed by atoms with Crippen molar-refractivity contribution in [3.8, 4) is 11.1 Å². The summed E-state index contributed by atoms with van der Waals surface area (Å²) in [4.78, 5) is 25.0. The molecule has 0 spiro atoms. The summed E-state index contributed by atoms with van der Waals surface area (Å²) in [6, 6.07) is 14.5. The first kappa shape index (κ1) is 33.1. The van der Waals surface area contributed by atoms with Crippen LogP contribution in [0.2, 0.25) is 10.0 Å². The van der Waals surface area contributed by atoms with Crippen LogP contribution < -0.4 is 10.0 Å². The Labute approximate surface area is 248 Å². The van der Waals surface area contributed by atoms with Gasteiger partial charge in [-0.3, -0.25) is 10.3 Å². The monoisotopic (exact) mass is 649 g/mol. The van der Waals surface area contributed by atoms with Crippen molar-refractivity contribution in [2.75, 3.05) is 6.54 Å². The van der Waals surface area contributed by atoms with E-state index in [2.05, 4.69) is 4.98 Å². The molecule has 0 saturated heterocycles. The van der Waals surface area contributed by atoms with Gasteiger partial charge in [-0.25, -0.2) is 22.7 Å². The van der Waals surface area contributed by atoms with Gasteiger partial charge in [-0.15, -0.1) is 0 Å². The molecule has 42 heavy (non-hydrogen) atoms. The number of halogens is 5. The molecule has 10 nitrogen and oxygen atoms in total. The summed E-state index contributed by atoms with van der Waals surface area (Å²) in [7, 11) is -5.35. The Bertz CT molecular complexity index is 1540. The topological polar surface area (TPSA) is 155 Å². The van der Waals surface area contributed by atoms with Crippen LogP contribution in [0.1, 0.15) is 24.6 Å². The van der Waals surface area contributed by atoms with Gasteiger partial charge in [-0.2, -0.15) is 13.2 Å². The van der Waals surface area contributed by atoms with Gasteiger partial charge in [0.2, 0.25) is 15.6 Å². The Morgan fingerprint density at radius 2 is 1.71 bits per heavy atom. The number of aromatic nitrogens is 1. The molecule has 3 rings (SSSR count). The van der Waals surface area contributed by atoms with Gasteiger partial charge in [0.05, 0.1) is 12.2 Å². The minimum atomic E-state index is -5.48. The molecular weight excluding hydrogens is 626 g/mol. The smallest absolute Gasteiger partial charge is 0.424 e. The van der Waals surface area contributed by atoms with Gasteiger partial charge >= 0.3 is 18.2 Å². The van der Waals surface area contributed by atoms with Crippen molar-refractivity contribution in [2.24, 2.45) is 0 Å². The van der Waals surface area contributed by atoms with Crippen molar-refractivity contribution < 1.29 is 46.1 Å². The summed E-state index contributed by atoms with van der Waals surface area (Å²) in [6.07, 6.45) is -6.79. The van der Waals surface area contributed by atoms with Gasteiger partial charge < -0.3 is 14.9 Å². The number of carboxylic acid groups (broad SMARTS) is 1. The van der Waals surface area contributed by atoms with E-state index in [0.29, 0.717) is 16.1 Å². The van der Waals surface area contributed by atoms with E-state index in [4.69, 9.17) is 27.9 Å². The average Bonchev–Trinajstić information content (AvgIpc) is 2.93. The molecule has 1 aromatic heterocycles. The van der Waals surface area contributed by atoms with E-state index in [1.54, 1.807) is 35.6 Å². The third kappa shape index (κ3) is 6.95. The molecule has 4 N–H and O–H groups in total. The maximum atomic E-state index is 14.1. The highest BCUT2D eigenvalue weighted by Crippen LogP contribution is 2.39. The number of nitrogens with zero attached hydrogens (tertiary/aromatic N) is 1. The maximum Gasteiger partial charge on any atom is 0.424 e. The van der Waals surface area contributed by atoms with Crippen LogP contribution in [0, 0.1) is 0 Å². The fourth-order valence-corrected chi connectivity index (χ4v) is 5.76. The van der Waals surface area contributed by atoms with Crippen molar-refractivity contribution in [1.82, 2.24) is 15.0 Å². The average molecular weight is 650 g/mol. The number of rotatable bonds is 11. The second-order valence-electron chi connectivity index (χ2n) is 8.91. The second-order valence-corrected chi connectivity index (χ2v) is 11.7. The molecule has 0 fully saturated rings. The summed E-state index contributed by atoms with van der Waals surface area (Å²) >= 11 is 12.0. The Hall–Kier alpha value is -3.43. The molecule has 2 aromatic carbocycles. The number of carbonyl (C=O) groups is 2. The number of aliphatic hydroxyl groups is 1. The molecule has 0 aliphatic heterocycles. The lowest BCUT2D eigenvalue weighted by molar-refractivity contribution is -0.264. The Balaban J connectivity index is 1.87. The highest BCUT2D eigenvalue weighted by Gasteiger charge is 2.58. The van der Waals surface area contributed by atoms with Crippen LogP contribution in [0.5, 0.6) is 0 Å². The van der Waals surface area contributed by atoms with Crippen LogP contribution in [0.4, 0.5) is 18.0 Å².